The van der Waals surface area contributed by atoms with Crippen LogP contribution in [0, 0.1) is 12.3 Å². The Hall–Kier alpha value is -1.17. The Morgan fingerprint density at radius 1 is 1.53 bits per heavy atom. The molecule has 15 heavy (non-hydrogen) atoms. The first-order valence-electron chi connectivity index (χ1n) is 4.84. The number of nitrogens with one attached hydrogen (secondary N) is 1. The summed E-state index contributed by atoms with van der Waals surface area (Å²) in [6.45, 7) is 3.92. The van der Waals surface area contributed by atoms with Crippen LogP contribution >= 0.6 is 11.6 Å². The number of benzene rings is 1. The highest BCUT2D eigenvalue weighted by molar-refractivity contribution is 6.32. The van der Waals surface area contributed by atoms with Gasteiger partial charge in [0, 0.05) is 12.1 Å². The van der Waals surface area contributed by atoms with Gasteiger partial charge in [-0.15, -0.1) is 6.42 Å². The minimum atomic E-state index is 0.239. The molecule has 0 unspecified atom stereocenters. The number of ether oxygens (including phenoxy) is 1. The molecule has 0 spiro atoms. The fourth-order valence-electron chi connectivity index (χ4n) is 1.23. The molecule has 0 saturated heterocycles. The van der Waals surface area contributed by atoms with Crippen LogP contribution in [0.2, 0.25) is 5.02 Å². The highest BCUT2D eigenvalue weighted by atomic mass is 35.5. The van der Waals surface area contributed by atoms with Crippen LogP contribution in [0.25, 0.3) is 0 Å². The number of terminal acetylenes is 1. The second-order valence-electron chi connectivity index (χ2n) is 3.00. The topological polar surface area (TPSA) is 21.3 Å². The van der Waals surface area contributed by atoms with Gasteiger partial charge < -0.3 is 10.1 Å². The summed E-state index contributed by atoms with van der Waals surface area (Å²) in [5.74, 6) is 3.10. The Balaban J connectivity index is 2.83. The molecule has 0 aliphatic rings. The summed E-state index contributed by atoms with van der Waals surface area (Å²) in [6.07, 6.45) is 5.14. The molecule has 3 heteroatoms. The van der Waals surface area contributed by atoms with Crippen molar-refractivity contribution in [1.29, 1.82) is 0 Å². The molecule has 1 N–H and O–H groups in total. The normalized spacial score (nSPS) is 9.67. The van der Waals surface area contributed by atoms with E-state index in [1.807, 2.05) is 19.1 Å². The van der Waals surface area contributed by atoms with Gasteiger partial charge in [0.1, 0.15) is 12.4 Å². The van der Waals surface area contributed by atoms with Crippen molar-refractivity contribution in [2.45, 2.75) is 13.5 Å². The van der Waals surface area contributed by atoms with E-state index in [9.17, 15) is 0 Å². The molecule has 0 radical (unpaired) electrons. The molecular weight excluding hydrogens is 210 g/mol. The molecule has 1 aromatic rings. The molecule has 0 saturated carbocycles. The second kappa shape index (κ2) is 6.34. The molecule has 0 amide bonds. The van der Waals surface area contributed by atoms with Crippen LogP contribution in [0.1, 0.15) is 12.5 Å². The van der Waals surface area contributed by atoms with Gasteiger partial charge in [-0.3, -0.25) is 0 Å². The van der Waals surface area contributed by atoms with E-state index in [-0.39, 0.29) is 6.61 Å². The minimum absolute atomic E-state index is 0.239. The highest BCUT2D eigenvalue weighted by Crippen LogP contribution is 2.28. The van der Waals surface area contributed by atoms with Crippen LogP contribution in [-0.4, -0.2) is 13.2 Å². The van der Waals surface area contributed by atoms with E-state index >= 15 is 0 Å². The van der Waals surface area contributed by atoms with Gasteiger partial charge in [-0.2, -0.15) is 0 Å². The molecule has 0 aliphatic carbocycles. The lowest BCUT2D eigenvalue weighted by molar-refractivity contribution is 0.365. The smallest absolute Gasteiger partial charge is 0.148 e. The summed E-state index contributed by atoms with van der Waals surface area (Å²) in [7, 11) is 0. The standard InChI is InChI=1S/C12H14ClNO/c1-3-8-15-12-10(9-14-4-2)6-5-7-11(12)13/h1,5-7,14H,4,8-9H2,2H3. The van der Waals surface area contributed by atoms with Crippen LogP contribution in [0.3, 0.4) is 0 Å². The predicted octanol–water partition coefficient (Wildman–Crippen LogP) is 2.46. The van der Waals surface area contributed by atoms with E-state index in [1.54, 1.807) is 6.07 Å². The van der Waals surface area contributed by atoms with E-state index in [0.29, 0.717) is 10.8 Å². The van der Waals surface area contributed by atoms with Gasteiger partial charge >= 0.3 is 0 Å². The first-order chi connectivity index (χ1) is 7.29. The quantitative estimate of drug-likeness (QED) is 0.775. The van der Waals surface area contributed by atoms with Gasteiger partial charge in [-0.25, -0.2) is 0 Å². The molecule has 0 atom stereocenters. The summed E-state index contributed by atoms with van der Waals surface area (Å²) in [4.78, 5) is 0. The maximum atomic E-state index is 6.02. The third kappa shape index (κ3) is 3.47. The maximum Gasteiger partial charge on any atom is 0.148 e. The van der Waals surface area contributed by atoms with Crippen molar-refractivity contribution in [2.75, 3.05) is 13.2 Å². The van der Waals surface area contributed by atoms with Crippen LogP contribution in [0.5, 0.6) is 5.75 Å². The molecule has 1 rings (SSSR count). The molecular formula is C12H14ClNO. The van der Waals surface area contributed by atoms with Crippen molar-refractivity contribution in [2.24, 2.45) is 0 Å². The highest BCUT2D eigenvalue weighted by Gasteiger charge is 2.06. The Kier molecular flexibility index (Phi) is 5.03. The van der Waals surface area contributed by atoms with E-state index in [4.69, 9.17) is 22.8 Å². The fraction of sp³-hybridized carbons (Fsp3) is 0.333. The van der Waals surface area contributed by atoms with E-state index in [1.165, 1.54) is 0 Å². The summed E-state index contributed by atoms with van der Waals surface area (Å²) < 4.78 is 5.41. The lowest BCUT2D eigenvalue weighted by Gasteiger charge is -2.11. The van der Waals surface area contributed by atoms with Crippen LogP contribution < -0.4 is 10.1 Å². The molecule has 0 aromatic heterocycles. The number of rotatable bonds is 5. The van der Waals surface area contributed by atoms with Crippen molar-refractivity contribution < 1.29 is 4.74 Å². The lowest BCUT2D eigenvalue weighted by Crippen LogP contribution is -2.13. The van der Waals surface area contributed by atoms with Crippen molar-refractivity contribution in [3.8, 4) is 18.1 Å². The van der Waals surface area contributed by atoms with Crippen molar-refractivity contribution in [1.82, 2.24) is 5.32 Å². The zero-order valence-corrected chi connectivity index (χ0v) is 9.47. The maximum absolute atomic E-state index is 6.02. The zero-order chi connectivity index (χ0) is 11.1. The average molecular weight is 224 g/mol. The second-order valence-corrected chi connectivity index (χ2v) is 3.41. The van der Waals surface area contributed by atoms with Crippen molar-refractivity contribution >= 4 is 11.6 Å². The largest absolute Gasteiger partial charge is 0.479 e. The molecule has 80 valence electrons. The summed E-state index contributed by atoms with van der Waals surface area (Å²) in [5, 5.41) is 3.82. The van der Waals surface area contributed by atoms with Gasteiger partial charge in [0.25, 0.3) is 0 Å². The Morgan fingerprint density at radius 2 is 2.33 bits per heavy atom. The lowest BCUT2D eigenvalue weighted by atomic mass is 10.2. The molecule has 2 nitrogen and oxygen atoms in total. The number of halogens is 1. The Bertz CT molecular complexity index is 357. The van der Waals surface area contributed by atoms with Gasteiger partial charge in [0.2, 0.25) is 0 Å². The van der Waals surface area contributed by atoms with E-state index in [0.717, 1.165) is 18.7 Å². The Labute approximate surface area is 95.6 Å². The van der Waals surface area contributed by atoms with Crippen molar-refractivity contribution in [3.63, 3.8) is 0 Å². The van der Waals surface area contributed by atoms with E-state index in [2.05, 4.69) is 11.2 Å². The molecule has 0 fully saturated rings. The zero-order valence-electron chi connectivity index (χ0n) is 8.72. The molecule has 0 bridgehead atoms. The first kappa shape index (κ1) is 11.9. The third-order valence-electron chi connectivity index (χ3n) is 1.91. The summed E-state index contributed by atoms with van der Waals surface area (Å²) >= 11 is 6.02. The van der Waals surface area contributed by atoms with Crippen LogP contribution in [-0.2, 0) is 6.54 Å². The Morgan fingerprint density at radius 3 is 3.00 bits per heavy atom. The van der Waals surface area contributed by atoms with Gasteiger partial charge in [-0.05, 0) is 12.6 Å². The number of hydrogen-bond acceptors (Lipinski definition) is 2. The van der Waals surface area contributed by atoms with Crippen molar-refractivity contribution in [3.05, 3.63) is 28.8 Å². The summed E-state index contributed by atoms with van der Waals surface area (Å²) in [6, 6.07) is 5.67. The van der Waals surface area contributed by atoms with Gasteiger partial charge in [0.05, 0.1) is 5.02 Å². The fourth-order valence-corrected chi connectivity index (χ4v) is 1.48. The minimum Gasteiger partial charge on any atom is -0.479 e. The van der Waals surface area contributed by atoms with Gasteiger partial charge in [-0.1, -0.05) is 36.6 Å². The van der Waals surface area contributed by atoms with Gasteiger partial charge in [0.15, 0.2) is 0 Å². The van der Waals surface area contributed by atoms with Crippen LogP contribution in [0.15, 0.2) is 18.2 Å². The molecule has 0 aliphatic heterocycles. The monoisotopic (exact) mass is 223 g/mol. The number of hydrogen-bond donors (Lipinski definition) is 1. The van der Waals surface area contributed by atoms with E-state index < -0.39 is 0 Å². The predicted molar refractivity (Wildman–Crippen MR) is 63.2 cm³/mol. The molecule has 1 aromatic carbocycles. The SMILES string of the molecule is C#CCOc1c(Cl)cccc1CNCC. The first-order valence-corrected chi connectivity index (χ1v) is 5.21. The number of para-hydroxylation sites is 1. The molecule has 0 heterocycles. The van der Waals surface area contributed by atoms with Crippen LogP contribution in [0.4, 0.5) is 0 Å². The third-order valence-corrected chi connectivity index (χ3v) is 2.21. The average Bonchev–Trinajstić information content (AvgIpc) is 2.25. The summed E-state index contributed by atoms with van der Waals surface area (Å²) in [5.41, 5.74) is 1.03.